The lowest BCUT2D eigenvalue weighted by atomic mass is 10.0. The molecule has 0 N–H and O–H groups in total. The van der Waals surface area contributed by atoms with E-state index >= 15 is 0 Å². The van der Waals surface area contributed by atoms with Gasteiger partial charge in [0.05, 0.1) is 11.8 Å². The highest BCUT2D eigenvalue weighted by Crippen LogP contribution is 2.34. The molecule has 0 aliphatic rings. The van der Waals surface area contributed by atoms with Gasteiger partial charge in [-0.05, 0) is 40.1 Å². The molecule has 0 fully saturated rings. The zero-order valence-corrected chi connectivity index (χ0v) is 14.0. The molecule has 0 bridgehead atoms. The van der Waals surface area contributed by atoms with Crippen LogP contribution >= 0.6 is 12.4 Å². The highest BCUT2D eigenvalue weighted by Gasteiger charge is 2.20. The number of carbonyl (C=O) groups excluding carboxylic acids is 2. The quantitative estimate of drug-likeness (QED) is 0.763. The third kappa shape index (κ3) is 3.67. The van der Waals surface area contributed by atoms with Gasteiger partial charge in [-0.25, -0.2) is 0 Å². The summed E-state index contributed by atoms with van der Waals surface area (Å²) in [7, 11) is 3.88. The third-order valence-electron chi connectivity index (χ3n) is 3.24. The second kappa shape index (κ2) is 7.42. The number of ketones is 2. The second-order valence-corrected chi connectivity index (χ2v) is 5.23. The van der Waals surface area contributed by atoms with Gasteiger partial charge in [0.1, 0.15) is 6.61 Å². The average Bonchev–Trinajstić information content (AvgIpc) is 2.86. The molecule has 2 aromatic rings. The Hall–Kier alpha value is -1.85. The van der Waals surface area contributed by atoms with Crippen molar-refractivity contribution in [3.8, 4) is 5.75 Å². The van der Waals surface area contributed by atoms with Gasteiger partial charge in [0.2, 0.25) is 0 Å². The van der Waals surface area contributed by atoms with E-state index in [4.69, 9.17) is 9.15 Å². The van der Waals surface area contributed by atoms with E-state index in [-0.39, 0.29) is 24.0 Å². The molecule has 0 saturated heterocycles. The Kier molecular flexibility index (Phi) is 6.14. The largest absolute Gasteiger partial charge is 0.488 e. The van der Waals surface area contributed by atoms with Crippen molar-refractivity contribution in [2.75, 3.05) is 27.2 Å². The van der Waals surface area contributed by atoms with E-state index in [1.807, 2.05) is 19.0 Å². The number of nitrogens with zero attached hydrogens (tertiary/aromatic N) is 1. The number of hydrogen-bond acceptors (Lipinski definition) is 5. The predicted molar refractivity (Wildman–Crippen MR) is 87.5 cm³/mol. The molecule has 5 nitrogen and oxygen atoms in total. The maximum Gasteiger partial charge on any atom is 0.177 e. The zero-order valence-electron chi connectivity index (χ0n) is 13.1. The van der Waals surface area contributed by atoms with Gasteiger partial charge in [0, 0.05) is 17.5 Å². The van der Waals surface area contributed by atoms with Crippen molar-refractivity contribution in [1.82, 2.24) is 4.90 Å². The first-order valence-corrected chi connectivity index (χ1v) is 6.75. The van der Waals surface area contributed by atoms with Crippen molar-refractivity contribution in [3.63, 3.8) is 0 Å². The number of hydrogen-bond donors (Lipinski definition) is 0. The van der Waals surface area contributed by atoms with Gasteiger partial charge in [-0.3, -0.25) is 9.59 Å². The summed E-state index contributed by atoms with van der Waals surface area (Å²) >= 11 is 0. The maximum atomic E-state index is 11.9. The number of benzene rings is 1. The van der Waals surface area contributed by atoms with Crippen LogP contribution in [0.3, 0.4) is 0 Å². The van der Waals surface area contributed by atoms with Crippen LogP contribution in [0.5, 0.6) is 5.75 Å². The van der Waals surface area contributed by atoms with E-state index in [2.05, 4.69) is 0 Å². The number of furan rings is 1. The van der Waals surface area contributed by atoms with Crippen molar-refractivity contribution in [1.29, 1.82) is 0 Å². The number of likely N-dealkylation sites (N-methyl/N-ethyl adjacent to an activating group) is 1. The molecule has 0 atom stereocenters. The van der Waals surface area contributed by atoms with Crippen LogP contribution in [0.1, 0.15) is 34.6 Å². The summed E-state index contributed by atoms with van der Waals surface area (Å²) in [6.07, 6.45) is 1.50. The fraction of sp³-hybridized carbons (Fsp3) is 0.375. The molecule has 0 aliphatic carbocycles. The highest BCUT2D eigenvalue weighted by atomic mass is 35.5. The van der Waals surface area contributed by atoms with Crippen LogP contribution in [0.15, 0.2) is 22.8 Å². The van der Waals surface area contributed by atoms with Gasteiger partial charge < -0.3 is 14.1 Å². The molecular weight excluding hydrogens is 306 g/mol. The molecule has 22 heavy (non-hydrogen) atoms. The highest BCUT2D eigenvalue weighted by molar-refractivity contribution is 6.12. The number of halogens is 1. The Morgan fingerprint density at radius 2 is 1.82 bits per heavy atom. The Labute approximate surface area is 135 Å². The summed E-state index contributed by atoms with van der Waals surface area (Å²) in [6, 6.07) is 3.31. The van der Waals surface area contributed by atoms with Crippen LogP contribution in [0.25, 0.3) is 11.0 Å². The second-order valence-electron chi connectivity index (χ2n) is 5.23. The number of Topliss-reactive ketones (excluding diaryl/α,β-unsaturated/α-hetero) is 2. The lowest BCUT2D eigenvalue weighted by Gasteiger charge is -2.14. The minimum Gasteiger partial charge on any atom is -0.488 e. The molecule has 1 aromatic carbocycles. The smallest absolute Gasteiger partial charge is 0.177 e. The molecule has 0 aliphatic heterocycles. The number of fused-ring (bicyclic) bond motifs is 1. The third-order valence-corrected chi connectivity index (χ3v) is 3.24. The van der Waals surface area contributed by atoms with E-state index in [0.29, 0.717) is 41.0 Å². The van der Waals surface area contributed by atoms with E-state index in [1.165, 1.54) is 20.1 Å². The molecule has 0 radical (unpaired) electrons. The molecule has 0 spiro atoms. The van der Waals surface area contributed by atoms with Gasteiger partial charge in [0.25, 0.3) is 0 Å². The van der Waals surface area contributed by atoms with Crippen LogP contribution in [-0.4, -0.2) is 43.7 Å². The summed E-state index contributed by atoms with van der Waals surface area (Å²) in [6.45, 7) is 4.07. The lowest BCUT2D eigenvalue weighted by molar-refractivity contribution is 0.101. The molecule has 0 amide bonds. The fourth-order valence-corrected chi connectivity index (χ4v) is 2.13. The van der Waals surface area contributed by atoms with Crippen molar-refractivity contribution in [2.45, 2.75) is 13.8 Å². The minimum atomic E-state index is -0.157. The van der Waals surface area contributed by atoms with Crippen LogP contribution in [0, 0.1) is 0 Å². The molecule has 0 unspecified atom stereocenters. The zero-order chi connectivity index (χ0) is 15.6. The van der Waals surface area contributed by atoms with Gasteiger partial charge in [-0.1, -0.05) is 0 Å². The van der Waals surface area contributed by atoms with Gasteiger partial charge in [-0.2, -0.15) is 0 Å². The standard InChI is InChI=1S/C16H19NO4.ClH/c1-10(18)13-9-14(11(2)19)16(21-8-6-17(3)4)15-12(13)5-7-20-15;/h5,7,9H,6,8H2,1-4H3;1H. The first-order chi connectivity index (χ1) is 9.91. The summed E-state index contributed by atoms with van der Waals surface area (Å²) in [5.41, 5.74) is 1.30. The van der Waals surface area contributed by atoms with E-state index < -0.39 is 0 Å². The van der Waals surface area contributed by atoms with Crippen molar-refractivity contribution in [3.05, 3.63) is 29.5 Å². The van der Waals surface area contributed by atoms with Crippen molar-refractivity contribution in [2.24, 2.45) is 0 Å². The Balaban J connectivity index is 0.00000242. The predicted octanol–water partition coefficient (Wildman–Crippen LogP) is 3.20. The van der Waals surface area contributed by atoms with Gasteiger partial charge in [-0.15, -0.1) is 12.4 Å². The first-order valence-electron chi connectivity index (χ1n) is 6.75. The maximum absolute atomic E-state index is 11.9. The van der Waals surface area contributed by atoms with Crippen molar-refractivity contribution < 1.29 is 18.7 Å². The first kappa shape index (κ1) is 18.2. The fourth-order valence-electron chi connectivity index (χ4n) is 2.13. The number of rotatable bonds is 6. The summed E-state index contributed by atoms with van der Waals surface area (Å²) in [5, 5.41) is 0.673. The SMILES string of the molecule is CC(=O)c1cc(C(C)=O)c2ccoc2c1OCCN(C)C.Cl. The minimum absolute atomic E-state index is 0. The van der Waals surface area contributed by atoms with E-state index in [1.54, 1.807) is 12.1 Å². The van der Waals surface area contributed by atoms with Crippen LogP contribution in [0.2, 0.25) is 0 Å². The molecule has 1 heterocycles. The normalized spacial score (nSPS) is 10.6. The topological polar surface area (TPSA) is 59.8 Å². The van der Waals surface area contributed by atoms with Crippen LogP contribution in [0.4, 0.5) is 0 Å². The average molecular weight is 326 g/mol. The number of ether oxygens (including phenoxy) is 1. The molecular formula is C16H20ClNO4. The van der Waals surface area contributed by atoms with Crippen LogP contribution < -0.4 is 4.74 Å². The summed E-state index contributed by atoms with van der Waals surface area (Å²) < 4.78 is 11.2. The molecule has 1 aromatic heterocycles. The Morgan fingerprint density at radius 1 is 1.18 bits per heavy atom. The van der Waals surface area contributed by atoms with Crippen LogP contribution in [-0.2, 0) is 0 Å². The molecule has 0 saturated carbocycles. The summed E-state index contributed by atoms with van der Waals surface area (Å²) in [5.74, 6) is 0.147. The van der Waals surface area contributed by atoms with E-state index in [9.17, 15) is 9.59 Å². The monoisotopic (exact) mass is 325 g/mol. The molecule has 2 rings (SSSR count). The number of carbonyl (C=O) groups is 2. The molecule has 120 valence electrons. The van der Waals surface area contributed by atoms with Gasteiger partial charge in [0.15, 0.2) is 22.9 Å². The van der Waals surface area contributed by atoms with Crippen molar-refractivity contribution >= 4 is 34.9 Å². The lowest BCUT2D eigenvalue weighted by Crippen LogP contribution is -2.20. The Morgan fingerprint density at radius 3 is 2.36 bits per heavy atom. The van der Waals surface area contributed by atoms with E-state index in [0.717, 1.165) is 0 Å². The summed E-state index contributed by atoms with van der Waals surface area (Å²) in [4.78, 5) is 25.6. The Bertz CT molecular complexity index is 691. The molecule has 6 heteroatoms. The van der Waals surface area contributed by atoms with Gasteiger partial charge >= 0.3 is 0 Å².